The van der Waals surface area contributed by atoms with E-state index in [-0.39, 0.29) is 10.6 Å². The number of sulfone groups is 1. The highest BCUT2D eigenvalue weighted by Crippen LogP contribution is 2.16. The van der Waals surface area contributed by atoms with Crippen molar-refractivity contribution in [1.82, 2.24) is 0 Å². The number of hydrogen-bond donors (Lipinski definition) is 0. The van der Waals surface area contributed by atoms with Gasteiger partial charge in [-0.2, -0.15) is 0 Å². The van der Waals surface area contributed by atoms with Crippen molar-refractivity contribution in [2.24, 2.45) is 0 Å². The van der Waals surface area contributed by atoms with Crippen LogP contribution in [-0.4, -0.2) is 25.3 Å². The molecule has 0 aliphatic carbocycles. The maximum atomic E-state index is 11.0. The maximum absolute atomic E-state index is 11.0. The average molecular weight is 312 g/mol. The second kappa shape index (κ2) is 5.32. The molecule has 1 aromatic carbocycles. The fraction of sp³-hybridized carbons (Fsp3) is 0.400. The van der Waals surface area contributed by atoms with Gasteiger partial charge in [0, 0.05) is 16.1 Å². The Labute approximate surface area is 104 Å². The fourth-order valence-electron chi connectivity index (χ4n) is 1.31. The van der Waals surface area contributed by atoms with Gasteiger partial charge in [-0.15, -0.1) is 0 Å². The highest BCUT2D eigenvalue weighted by atomic mass is 79.9. The Bertz CT molecular complexity index is 431. The smallest absolute Gasteiger partial charge is 0.148 e. The summed E-state index contributed by atoms with van der Waals surface area (Å²) in [6.45, 7) is 0. The Morgan fingerprint density at radius 3 is 2.67 bits per heavy atom. The predicted molar refractivity (Wildman–Crippen MR) is 67.6 cm³/mol. The standard InChI is InChI=1S/C10H12BrClO2S/c1-15(13,14)7-9(11)5-8-3-2-4-10(12)6-8/h2-4,6,9H,5,7H2,1H3. The van der Waals surface area contributed by atoms with Gasteiger partial charge in [0.05, 0.1) is 5.75 Å². The zero-order valence-corrected chi connectivity index (χ0v) is 11.4. The summed E-state index contributed by atoms with van der Waals surface area (Å²) in [6.07, 6.45) is 1.90. The molecule has 0 aliphatic rings. The topological polar surface area (TPSA) is 34.1 Å². The van der Waals surface area contributed by atoms with E-state index in [0.717, 1.165) is 5.56 Å². The summed E-state index contributed by atoms with van der Waals surface area (Å²) in [5, 5.41) is 0.673. The lowest BCUT2D eigenvalue weighted by atomic mass is 10.1. The Morgan fingerprint density at radius 2 is 2.13 bits per heavy atom. The van der Waals surface area contributed by atoms with Crippen molar-refractivity contribution in [3.05, 3.63) is 34.9 Å². The highest BCUT2D eigenvalue weighted by Gasteiger charge is 2.12. The normalized spacial score (nSPS) is 13.8. The second-order valence-corrected chi connectivity index (χ2v) is 7.44. The van der Waals surface area contributed by atoms with Crippen molar-refractivity contribution in [2.45, 2.75) is 11.2 Å². The van der Waals surface area contributed by atoms with Crippen LogP contribution < -0.4 is 0 Å². The largest absolute Gasteiger partial charge is 0.229 e. The van der Waals surface area contributed by atoms with Gasteiger partial charge < -0.3 is 0 Å². The SMILES string of the molecule is CS(=O)(=O)CC(Br)Cc1cccc(Cl)c1. The third kappa shape index (κ3) is 5.54. The molecule has 0 radical (unpaired) electrons. The molecule has 1 unspecified atom stereocenters. The van der Waals surface area contributed by atoms with Crippen molar-refractivity contribution in [1.29, 1.82) is 0 Å². The molecule has 0 aromatic heterocycles. The van der Waals surface area contributed by atoms with E-state index in [1.54, 1.807) is 6.07 Å². The molecule has 15 heavy (non-hydrogen) atoms. The van der Waals surface area contributed by atoms with Crippen LogP contribution in [0.2, 0.25) is 5.02 Å². The van der Waals surface area contributed by atoms with E-state index in [1.807, 2.05) is 18.2 Å². The van der Waals surface area contributed by atoms with Crippen LogP contribution in [0.25, 0.3) is 0 Å². The van der Waals surface area contributed by atoms with E-state index >= 15 is 0 Å². The van der Waals surface area contributed by atoms with Crippen molar-refractivity contribution >= 4 is 37.4 Å². The predicted octanol–water partition coefficient (Wildman–Crippen LogP) is 2.69. The van der Waals surface area contributed by atoms with Crippen LogP contribution in [0, 0.1) is 0 Å². The van der Waals surface area contributed by atoms with E-state index < -0.39 is 9.84 Å². The minimum Gasteiger partial charge on any atom is -0.229 e. The first-order valence-corrected chi connectivity index (χ1v) is 7.78. The fourth-order valence-corrected chi connectivity index (χ4v) is 4.11. The van der Waals surface area contributed by atoms with Crippen LogP contribution in [-0.2, 0) is 16.3 Å². The van der Waals surface area contributed by atoms with Gasteiger partial charge >= 0.3 is 0 Å². The first-order chi connectivity index (χ1) is 6.87. The molecule has 0 heterocycles. The van der Waals surface area contributed by atoms with Crippen LogP contribution in [0.3, 0.4) is 0 Å². The molecule has 2 nitrogen and oxygen atoms in total. The zero-order valence-electron chi connectivity index (χ0n) is 8.28. The molecule has 0 saturated heterocycles. The lowest BCUT2D eigenvalue weighted by molar-refractivity contribution is 0.600. The summed E-state index contributed by atoms with van der Waals surface area (Å²) in [5.41, 5.74) is 1.04. The molecule has 1 aromatic rings. The molecule has 84 valence electrons. The zero-order chi connectivity index (χ0) is 11.5. The number of alkyl halides is 1. The summed E-state index contributed by atoms with van der Waals surface area (Å²) in [5.74, 6) is 0.138. The first kappa shape index (κ1) is 13.0. The summed E-state index contributed by atoms with van der Waals surface area (Å²) in [7, 11) is -2.93. The second-order valence-electron chi connectivity index (χ2n) is 3.52. The van der Waals surface area contributed by atoms with E-state index in [0.29, 0.717) is 11.4 Å². The molecule has 5 heteroatoms. The van der Waals surface area contributed by atoms with Crippen LogP contribution in [0.5, 0.6) is 0 Å². The lowest BCUT2D eigenvalue weighted by Crippen LogP contribution is -2.16. The number of rotatable bonds is 4. The summed E-state index contributed by atoms with van der Waals surface area (Å²) in [4.78, 5) is -0.0639. The molecule has 1 atom stereocenters. The van der Waals surface area contributed by atoms with Gasteiger partial charge in [-0.1, -0.05) is 39.7 Å². The molecule has 0 aliphatic heterocycles. The Kier molecular flexibility index (Phi) is 4.62. The summed E-state index contributed by atoms with van der Waals surface area (Å²) < 4.78 is 22.1. The molecule has 0 amide bonds. The van der Waals surface area contributed by atoms with Gasteiger partial charge in [0.25, 0.3) is 0 Å². The maximum Gasteiger partial charge on any atom is 0.148 e. The van der Waals surface area contributed by atoms with Gasteiger partial charge in [0.15, 0.2) is 0 Å². The van der Waals surface area contributed by atoms with Gasteiger partial charge in [0.1, 0.15) is 9.84 Å². The molecule has 0 fully saturated rings. The summed E-state index contributed by atoms with van der Waals surface area (Å²) in [6, 6.07) is 7.43. The molecule has 0 saturated carbocycles. The van der Waals surface area contributed by atoms with Gasteiger partial charge in [-0.3, -0.25) is 0 Å². The Hall–Kier alpha value is -0.0600. The minimum absolute atomic E-state index is 0.0639. The quantitative estimate of drug-likeness (QED) is 0.801. The number of halogens is 2. The van der Waals surface area contributed by atoms with Gasteiger partial charge in [-0.25, -0.2) is 8.42 Å². The molecular weight excluding hydrogens is 300 g/mol. The van der Waals surface area contributed by atoms with Crippen molar-refractivity contribution in [3.63, 3.8) is 0 Å². The Morgan fingerprint density at radius 1 is 1.47 bits per heavy atom. The van der Waals surface area contributed by atoms with Crippen LogP contribution in [0.4, 0.5) is 0 Å². The monoisotopic (exact) mass is 310 g/mol. The third-order valence-electron chi connectivity index (χ3n) is 1.83. The van der Waals surface area contributed by atoms with Crippen molar-refractivity contribution in [2.75, 3.05) is 12.0 Å². The highest BCUT2D eigenvalue weighted by molar-refractivity contribution is 9.09. The lowest BCUT2D eigenvalue weighted by Gasteiger charge is -2.08. The van der Waals surface area contributed by atoms with E-state index in [1.165, 1.54) is 6.26 Å². The molecular formula is C10H12BrClO2S. The third-order valence-corrected chi connectivity index (χ3v) is 4.15. The molecule has 1 rings (SSSR count). The van der Waals surface area contributed by atoms with Crippen LogP contribution in [0.1, 0.15) is 5.56 Å². The molecule has 0 N–H and O–H groups in total. The van der Waals surface area contributed by atoms with E-state index in [2.05, 4.69) is 15.9 Å². The first-order valence-electron chi connectivity index (χ1n) is 4.43. The number of hydrogen-bond acceptors (Lipinski definition) is 2. The minimum atomic E-state index is -2.93. The summed E-state index contributed by atoms with van der Waals surface area (Å²) >= 11 is 9.18. The average Bonchev–Trinajstić information content (AvgIpc) is 1.99. The van der Waals surface area contributed by atoms with Crippen LogP contribution >= 0.6 is 27.5 Å². The van der Waals surface area contributed by atoms with Gasteiger partial charge in [0.2, 0.25) is 0 Å². The van der Waals surface area contributed by atoms with E-state index in [4.69, 9.17) is 11.6 Å². The van der Waals surface area contributed by atoms with Crippen molar-refractivity contribution < 1.29 is 8.42 Å². The molecule has 0 bridgehead atoms. The van der Waals surface area contributed by atoms with Crippen LogP contribution in [0.15, 0.2) is 24.3 Å². The Balaban J connectivity index is 2.63. The molecule has 0 spiro atoms. The number of benzene rings is 1. The van der Waals surface area contributed by atoms with Gasteiger partial charge in [-0.05, 0) is 24.1 Å². The van der Waals surface area contributed by atoms with Crippen molar-refractivity contribution in [3.8, 4) is 0 Å². The van der Waals surface area contributed by atoms with E-state index in [9.17, 15) is 8.42 Å².